The first-order valence-electron chi connectivity index (χ1n) is 13.0. The van der Waals surface area contributed by atoms with Gasteiger partial charge in [-0.2, -0.15) is 0 Å². The van der Waals surface area contributed by atoms with Gasteiger partial charge in [-0.15, -0.1) is 0 Å². The number of ether oxygens (including phenoxy) is 3. The van der Waals surface area contributed by atoms with Gasteiger partial charge in [-0.05, 0) is 50.6 Å². The van der Waals surface area contributed by atoms with Crippen molar-refractivity contribution in [1.29, 1.82) is 0 Å². The van der Waals surface area contributed by atoms with Gasteiger partial charge in [0.2, 0.25) is 5.91 Å². The maximum atomic E-state index is 15.0. The molecule has 208 valence electrons. The molecule has 2 aromatic heterocycles. The summed E-state index contributed by atoms with van der Waals surface area (Å²) in [6.45, 7) is 5.83. The number of carbonyl (C=O) groups excluding carboxylic acids is 2. The summed E-state index contributed by atoms with van der Waals surface area (Å²) in [5, 5.41) is 3.44. The molecule has 4 aromatic rings. The summed E-state index contributed by atoms with van der Waals surface area (Å²) >= 11 is 0. The minimum Gasteiger partial charge on any atom is -0.453 e. The van der Waals surface area contributed by atoms with E-state index in [4.69, 9.17) is 14.2 Å². The molecule has 1 aliphatic rings. The molecular weight excluding hydrogens is 515 g/mol. The number of anilines is 1. The lowest BCUT2D eigenvalue weighted by molar-refractivity contribution is -0.120. The summed E-state index contributed by atoms with van der Waals surface area (Å²) in [4.78, 5) is 34.9. The van der Waals surface area contributed by atoms with Crippen LogP contribution in [0.4, 0.5) is 14.9 Å². The van der Waals surface area contributed by atoms with Crippen molar-refractivity contribution >= 4 is 28.7 Å². The number of hydrogen-bond acceptors (Lipinski definition) is 6. The van der Waals surface area contributed by atoms with Crippen molar-refractivity contribution < 1.29 is 28.2 Å². The second kappa shape index (κ2) is 11.4. The molecule has 5 rings (SSSR count). The molecule has 0 unspecified atom stereocenters. The number of rotatable bonds is 7. The number of halogens is 1. The van der Waals surface area contributed by atoms with Gasteiger partial charge < -0.3 is 24.5 Å². The van der Waals surface area contributed by atoms with Crippen LogP contribution >= 0.6 is 0 Å². The van der Waals surface area contributed by atoms with Crippen LogP contribution in [0.3, 0.4) is 0 Å². The molecule has 0 radical (unpaired) electrons. The zero-order valence-electron chi connectivity index (χ0n) is 22.5. The van der Waals surface area contributed by atoms with E-state index in [2.05, 4.69) is 15.3 Å². The summed E-state index contributed by atoms with van der Waals surface area (Å²) in [7, 11) is 0. The van der Waals surface area contributed by atoms with Crippen molar-refractivity contribution in [3.8, 4) is 11.5 Å². The second-order valence-corrected chi connectivity index (χ2v) is 10.6. The summed E-state index contributed by atoms with van der Waals surface area (Å²) < 4.78 is 32.4. The van der Waals surface area contributed by atoms with Gasteiger partial charge >= 0.3 is 6.09 Å². The maximum Gasteiger partial charge on any atom is 0.411 e. The van der Waals surface area contributed by atoms with Crippen molar-refractivity contribution in [2.45, 2.75) is 51.5 Å². The molecule has 1 aliphatic heterocycles. The maximum absolute atomic E-state index is 15.0. The third-order valence-corrected chi connectivity index (χ3v) is 6.36. The van der Waals surface area contributed by atoms with Gasteiger partial charge in [-0.1, -0.05) is 30.3 Å². The average molecular weight is 547 g/mol. The summed E-state index contributed by atoms with van der Waals surface area (Å²) in [5.41, 5.74) is 1.11. The predicted octanol–water partition coefficient (Wildman–Crippen LogP) is 6.03. The lowest BCUT2D eigenvalue weighted by Gasteiger charge is -2.27. The van der Waals surface area contributed by atoms with Gasteiger partial charge in [-0.3, -0.25) is 9.69 Å². The smallest absolute Gasteiger partial charge is 0.411 e. The fraction of sp³-hybridized carbons (Fsp3) is 0.300. The lowest BCUT2D eigenvalue weighted by atomic mass is 10.1. The largest absolute Gasteiger partial charge is 0.453 e. The molecule has 0 spiro atoms. The van der Waals surface area contributed by atoms with Crippen molar-refractivity contribution in [3.63, 3.8) is 0 Å². The number of pyridine rings is 1. The SMILES string of the molecule is CC(C)(C)OC(=O)N1C[C@H](OCc2ccccc2)C[C@H]1C(=O)Nc1ccc(Oc2ccnc3[nH]ccc23)c(F)c1. The predicted molar refractivity (Wildman–Crippen MR) is 148 cm³/mol. The normalized spacial score (nSPS) is 17.1. The third-order valence-electron chi connectivity index (χ3n) is 6.36. The van der Waals surface area contributed by atoms with Crippen LogP contribution in [0, 0.1) is 5.82 Å². The number of benzene rings is 2. The van der Waals surface area contributed by atoms with E-state index in [9.17, 15) is 14.0 Å². The Kier molecular flexibility index (Phi) is 7.70. The third kappa shape index (κ3) is 6.40. The Hall–Kier alpha value is -4.44. The lowest BCUT2D eigenvalue weighted by Crippen LogP contribution is -2.45. The van der Waals surface area contributed by atoms with Crippen LogP contribution in [0.5, 0.6) is 11.5 Å². The molecule has 1 saturated heterocycles. The van der Waals surface area contributed by atoms with Gasteiger partial charge in [0.25, 0.3) is 0 Å². The molecule has 1 fully saturated rings. The van der Waals surface area contributed by atoms with E-state index in [1.54, 1.807) is 51.4 Å². The van der Waals surface area contributed by atoms with Crippen molar-refractivity contribution in [2.24, 2.45) is 0 Å². The van der Waals surface area contributed by atoms with Gasteiger partial charge in [0, 0.05) is 30.6 Å². The minimum absolute atomic E-state index is 0.00248. The Balaban J connectivity index is 1.28. The molecule has 0 saturated carbocycles. The number of fused-ring (bicyclic) bond motifs is 1. The summed E-state index contributed by atoms with van der Waals surface area (Å²) in [6, 6.07) is 16.4. The van der Waals surface area contributed by atoms with Gasteiger partial charge in [0.15, 0.2) is 11.6 Å². The molecule has 2 aromatic carbocycles. The Labute approximate surface area is 231 Å². The van der Waals surface area contributed by atoms with Crippen LogP contribution in [-0.2, 0) is 20.9 Å². The van der Waals surface area contributed by atoms with E-state index in [1.807, 2.05) is 30.3 Å². The number of nitrogens with one attached hydrogen (secondary N) is 2. The van der Waals surface area contributed by atoms with E-state index in [1.165, 1.54) is 17.0 Å². The van der Waals surface area contributed by atoms with Gasteiger partial charge in [0.1, 0.15) is 23.0 Å². The Morgan fingerprint density at radius 2 is 1.90 bits per heavy atom. The topological polar surface area (TPSA) is 106 Å². The first kappa shape index (κ1) is 27.1. The average Bonchev–Trinajstić information content (AvgIpc) is 3.57. The number of H-pyrrole nitrogens is 1. The van der Waals surface area contributed by atoms with E-state index >= 15 is 0 Å². The molecule has 2 N–H and O–H groups in total. The first-order chi connectivity index (χ1) is 19.2. The quantitative estimate of drug-likeness (QED) is 0.293. The standard InChI is InChI=1S/C30H31FN4O5/c1-30(2,3)40-29(37)35-17-21(38-18-19-7-5-4-6-8-19)16-24(35)28(36)34-20-9-10-26(23(31)15-20)39-25-12-14-33-27-22(25)11-13-32-27/h4-15,21,24H,16-18H2,1-3H3,(H,32,33)(H,34,36)/t21-,24+/m1/s1. The van der Waals surface area contributed by atoms with Crippen LogP contribution < -0.4 is 10.1 Å². The van der Waals surface area contributed by atoms with Gasteiger partial charge in [0.05, 0.1) is 24.6 Å². The fourth-order valence-electron chi connectivity index (χ4n) is 4.51. The van der Waals surface area contributed by atoms with E-state index < -0.39 is 29.5 Å². The van der Waals surface area contributed by atoms with Crippen LogP contribution in [0.2, 0.25) is 0 Å². The van der Waals surface area contributed by atoms with Crippen molar-refractivity contribution in [2.75, 3.05) is 11.9 Å². The van der Waals surface area contributed by atoms with E-state index in [0.29, 0.717) is 23.4 Å². The number of aromatic amines is 1. The Morgan fingerprint density at radius 3 is 2.65 bits per heavy atom. The Bertz CT molecular complexity index is 1500. The molecule has 0 bridgehead atoms. The minimum atomic E-state index is -0.853. The molecule has 0 aliphatic carbocycles. The van der Waals surface area contributed by atoms with Crippen LogP contribution in [0.25, 0.3) is 11.0 Å². The number of likely N-dealkylation sites (tertiary alicyclic amines) is 1. The molecular formula is C30H31FN4O5. The number of carbonyl (C=O) groups is 2. The second-order valence-electron chi connectivity index (χ2n) is 10.6. The highest BCUT2D eigenvalue weighted by Gasteiger charge is 2.42. The highest BCUT2D eigenvalue weighted by Crippen LogP contribution is 2.32. The van der Waals surface area contributed by atoms with Crippen molar-refractivity contribution in [1.82, 2.24) is 14.9 Å². The highest BCUT2D eigenvalue weighted by atomic mass is 19.1. The first-order valence-corrected chi connectivity index (χ1v) is 13.0. The molecule has 10 heteroatoms. The van der Waals surface area contributed by atoms with Crippen LogP contribution in [0.15, 0.2) is 73.1 Å². The number of nitrogens with zero attached hydrogens (tertiary/aromatic N) is 2. The number of aromatic nitrogens is 2. The highest BCUT2D eigenvalue weighted by molar-refractivity contribution is 5.97. The van der Waals surface area contributed by atoms with E-state index in [-0.39, 0.29) is 30.5 Å². The van der Waals surface area contributed by atoms with Crippen LogP contribution in [-0.4, -0.2) is 51.2 Å². The molecule has 3 heterocycles. The molecule has 9 nitrogen and oxygen atoms in total. The van der Waals surface area contributed by atoms with Gasteiger partial charge in [-0.25, -0.2) is 14.2 Å². The molecule has 2 atom stereocenters. The Morgan fingerprint density at radius 1 is 1.10 bits per heavy atom. The number of hydrogen-bond donors (Lipinski definition) is 2. The van der Waals surface area contributed by atoms with E-state index in [0.717, 1.165) is 5.56 Å². The fourth-order valence-corrected chi connectivity index (χ4v) is 4.51. The van der Waals surface area contributed by atoms with Crippen molar-refractivity contribution in [3.05, 3.63) is 84.4 Å². The summed E-state index contributed by atoms with van der Waals surface area (Å²) in [6.07, 6.45) is 2.58. The number of amides is 2. The zero-order chi connectivity index (χ0) is 28.3. The monoisotopic (exact) mass is 546 g/mol. The van der Waals surface area contributed by atoms with Crippen LogP contribution in [0.1, 0.15) is 32.8 Å². The molecule has 2 amide bonds. The zero-order valence-corrected chi connectivity index (χ0v) is 22.5. The molecule has 40 heavy (non-hydrogen) atoms. The summed E-state index contributed by atoms with van der Waals surface area (Å²) in [5.74, 6) is -0.676.